The summed E-state index contributed by atoms with van der Waals surface area (Å²) in [6.07, 6.45) is 7.04. The highest BCUT2D eigenvalue weighted by Gasteiger charge is 2.20. The van der Waals surface area contributed by atoms with Gasteiger partial charge < -0.3 is 9.67 Å². The molecule has 0 spiro atoms. The number of aromatic nitrogens is 3. The summed E-state index contributed by atoms with van der Waals surface area (Å²) >= 11 is 0. The van der Waals surface area contributed by atoms with E-state index in [0.29, 0.717) is 0 Å². The Hall–Kier alpha value is -1.55. The van der Waals surface area contributed by atoms with Gasteiger partial charge in [0.05, 0.1) is 24.0 Å². The lowest BCUT2D eigenvalue weighted by Gasteiger charge is -2.16. The number of nitrogens with zero attached hydrogens (tertiary/aromatic N) is 3. The van der Waals surface area contributed by atoms with Gasteiger partial charge in [0.25, 0.3) is 0 Å². The van der Waals surface area contributed by atoms with Crippen molar-refractivity contribution < 1.29 is 5.11 Å². The fraction of sp³-hybridized carbons (Fsp3) is 0.500. The lowest BCUT2D eigenvalue weighted by Crippen LogP contribution is -2.05. The van der Waals surface area contributed by atoms with E-state index in [-0.39, 0.29) is 6.10 Å². The van der Waals surface area contributed by atoms with E-state index in [0.717, 1.165) is 37.1 Å². The highest BCUT2D eigenvalue weighted by atomic mass is 16.3. The maximum atomic E-state index is 9.97. The molecule has 0 aliphatic heterocycles. The minimum Gasteiger partial charge on any atom is -0.388 e. The molecule has 0 fully saturated rings. The minimum absolute atomic E-state index is 0.275. The van der Waals surface area contributed by atoms with Crippen LogP contribution in [0.3, 0.4) is 0 Å². The zero-order valence-electron chi connectivity index (χ0n) is 10.9. The molecule has 0 saturated heterocycles. The molecule has 1 unspecified atom stereocenters. The average molecular weight is 245 g/mol. The topological polar surface area (TPSA) is 43.0 Å². The summed E-state index contributed by atoms with van der Waals surface area (Å²) in [5.41, 5.74) is 4.64. The summed E-state index contributed by atoms with van der Waals surface area (Å²) in [6.45, 7) is 2.82. The summed E-state index contributed by atoms with van der Waals surface area (Å²) in [4.78, 5) is 0. The second kappa shape index (κ2) is 4.28. The van der Waals surface area contributed by atoms with Gasteiger partial charge in [0, 0.05) is 25.0 Å². The van der Waals surface area contributed by atoms with Crippen molar-refractivity contribution in [2.45, 2.75) is 38.8 Å². The van der Waals surface area contributed by atoms with Crippen molar-refractivity contribution in [1.82, 2.24) is 14.3 Å². The standard InChI is InChI=1S/C14H19N3O/c1-10-6-12(16(2)15-10)8-17-7-11-4-3-5-14(18)13(11)9-17/h6-7,9,14,18H,3-5,8H2,1-2H3. The molecule has 1 aliphatic carbocycles. The Bertz CT molecular complexity index is 568. The largest absolute Gasteiger partial charge is 0.388 e. The van der Waals surface area contributed by atoms with Crippen LogP contribution in [-0.4, -0.2) is 19.5 Å². The Kier molecular flexibility index (Phi) is 2.74. The number of rotatable bonds is 2. The van der Waals surface area contributed by atoms with Gasteiger partial charge >= 0.3 is 0 Å². The normalized spacial score (nSPS) is 18.9. The van der Waals surface area contributed by atoms with Crippen LogP contribution in [0.25, 0.3) is 0 Å². The van der Waals surface area contributed by atoms with E-state index in [1.165, 1.54) is 11.3 Å². The van der Waals surface area contributed by atoms with Crippen molar-refractivity contribution in [1.29, 1.82) is 0 Å². The molecule has 96 valence electrons. The molecular formula is C14H19N3O. The molecule has 0 saturated carbocycles. The molecule has 0 bridgehead atoms. The number of aliphatic hydroxyl groups is 1. The van der Waals surface area contributed by atoms with Crippen LogP contribution >= 0.6 is 0 Å². The molecule has 2 aromatic heterocycles. The summed E-state index contributed by atoms with van der Waals surface area (Å²) in [5, 5.41) is 14.3. The molecule has 2 aromatic rings. The molecule has 4 heteroatoms. The van der Waals surface area contributed by atoms with Gasteiger partial charge in [0.15, 0.2) is 0 Å². The van der Waals surface area contributed by atoms with Crippen molar-refractivity contribution in [3.8, 4) is 0 Å². The molecule has 18 heavy (non-hydrogen) atoms. The molecule has 1 atom stereocenters. The highest BCUT2D eigenvalue weighted by Crippen LogP contribution is 2.30. The molecule has 0 radical (unpaired) electrons. The second-order valence-corrected chi connectivity index (χ2v) is 5.22. The van der Waals surface area contributed by atoms with Gasteiger partial charge in [-0.15, -0.1) is 0 Å². The molecule has 1 N–H and O–H groups in total. The third-order valence-electron chi connectivity index (χ3n) is 3.72. The molecule has 0 aromatic carbocycles. The van der Waals surface area contributed by atoms with Gasteiger partial charge in [-0.3, -0.25) is 4.68 Å². The summed E-state index contributed by atoms with van der Waals surface area (Å²) in [6, 6.07) is 2.11. The Labute approximate surface area is 107 Å². The van der Waals surface area contributed by atoms with Crippen molar-refractivity contribution >= 4 is 0 Å². The smallest absolute Gasteiger partial charge is 0.0807 e. The Morgan fingerprint density at radius 1 is 1.44 bits per heavy atom. The zero-order chi connectivity index (χ0) is 12.7. The maximum absolute atomic E-state index is 9.97. The Balaban J connectivity index is 1.87. The first-order chi connectivity index (χ1) is 8.63. The zero-order valence-corrected chi connectivity index (χ0v) is 10.9. The first-order valence-electron chi connectivity index (χ1n) is 6.49. The summed E-state index contributed by atoms with van der Waals surface area (Å²) in [7, 11) is 1.97. The molecule has 4 nitrogen and oxygen atoms in total. The van der Waals surface area contributed by atoms with E-state index in [1.54, 1.807) is 0 Å². The predicted molar refractivity (Wildman–Crippen MR) is 69.4 cm³/mol. The molecule has 3 rings (SSSR count). The van der Waals surface area contributed by atoms with Crippen LogP contribution in [-0.2, 0) is 20.0 Å². The lowest BCUT2D eigenvalue weighted by atomic mass is 9.93. The van der Waals surface area contributed by atoms with E-state index in [1.807, 2.05) is 18.7 Å². The highest BCUT2D eigenvalue weighted by molar-refractivity contribution is 5.29. The third-order valence-corrected chi connectivity index (χ3v) is 3.72. The van der Waals surface area contributed by atoms with Gasteiger partial charge in [-0.1, -0.05) is 0 Å². The fourth-order valence-corrected chi connectivity index (χ4v) is 2.81. The molecule has 0 amide bonds. The monoisotopic (exact) mass is 245 g/mol. The van der Waals surface area contributed by atoms with E-state index < -0.39 is 0 Å². The van der Waals surface area contributed by atoms with Crippen LogP contribution in [0, 0.1) is 6.92 Å². The van der Waals surface area contributed by atoms with Crippen LogP contribution < -0.4 is 0 Å². The Morgan fingerprint density at radius 3 is 2.94 bits per heavy atom. The van der Waals surface area contributed by atoms with Crippen LogP contribution in [0.2, 0.25) is 0 Å². The van der Waals surface area contributed by atoms with Gasteiger partial charge in [-0.05, 0) is 37.8 Å². The SMILES string of the molecule is Cc1cc(Cn2cc3c(c2)C(O)CCC3)n(C)n1. The van der Waals surface area contributed by atoms with Crippen molar-refractivity contribution in [2.75, 3.05) is 0 Å². The number of aryl methyl sites for hydroxylation is 3. The molecular weight excluding hydrogens is 226 g/mol. The average Bonchev–Trinajstić information content (AvgIpc) is 2.84. The number of hydrogen-bond donors (Lipinski definition) is 1. The van der Waals surface area contributed by atoms with Crippen molar-refractivity contribution in [3.63, 3.8) is 0 Å². The van der Waals surface area contributed by atoms with Crippen molar-refractivity contribution in [2.24, 2.45) is 7.05 Å². The number of fused-ring (bicyclic) bond motifs is 1. The second-order valence-electron chi connectivity index (χ2n) is 5.22. The van der Waals surface area contributed by atoms with Crippen LogP contribution in [0.4, 0.5) is 0 Å². The van der Waals surface area contributed by atoms with Gasteiger partial charge in [0.1, 0.15) is 0 Å². The van der Waals surface area contributed by atoms with Crippen LogP contribution in [0.5, 0.6) is 0 Å². The summed E-state index contributed by atoms with van der Waals surface area (Å²) in [5.74, 6) is 0. The van der Waals surface area contributed by atoms with E-state index in [4.69, 9.17) is 0 Å². The third kappa shape index (κ3) is 1.97. The molecule has 1 aliphatic rings. The summed E-state index contributed by atoms with van der Waals surface area (Å²) < 4.78 is 4.08. The first-order valence-corrected chi connectivity index (χ1v) is 6.49. The van der Waals surface area contributed by atoms with E-state index in [2.05, 4.69) is 28.1 Å². The quantitative estimate of drug-likeness (QED) is 0.878. The van der Waals surface area contributed by atoms with E-state index >= 15 is 0 Å². The number of aliphatic hydroxyl groups excluding tert-OH is 1. The van der Waals surface area contributed by atoms with Crippen LogP contribution in [0.1, 0.15) is 41.5 Å². The van der Waals surface area contributed by atoms with Gasteiger partial charge in [-0.25, -0.2) is 0 Å². The minimum atomic E-state index is -0.275. The number of hydrogen-bond acceptors (Lipinski definition) is 2. The van der Waals surface area contributed by atoms with Gasteiger partial charge in [0.2, 0.25) is 0 Å². The molecule has 2 heterocycles. The van der Waals surface area contributed by atoms with Gasteiger partial charge in [-0.2, -0.15) is 5.10 Å². The lowest BCUT2D eigenvalue weighted by molar-refractivity contribution is 0.157. The van der Waals surface area contributed by atoms with Crippen LogP contribution in [0.15, 0.2) is 18.5 Å². The Morgan fingerprint density at radius 2 is 2.28 bits per heavy atom. The maximum Gasteiger partial charge on any atom is 0.0807 e. The fourth-order valence-electron chi connectivity index (χ4n) is 2.81. The van der Waals surface area contributed by atoms with Crippen molar-refractivity contribution in [3.05, 3.63) is 41.0 Å². The predicted octanol–water partition coefficient (Wildman–Crippen LogP) is 1.95. The first kappa shape index (κ1) is 11.5. The van der Waals surface area contributed by atoms with E-state index in [9.17, 15) is 5.11 Å².